The number of hydrogen-bond acceptors (Lipinski definition) is 4. The van der Waals surface area contributed by atoms with Crippen LogP contribution in [0.2, 0.25) is 0 Å². The third-order valence-corrected chi connectivity index (χ3v) is 6.46. The van der Waals surface area contributed by atoms with Crippen LogP contribution < -0.4 is 0 Å². The fourth-order valence-corrected chi connectivity index (χ4v) is 4.56. The van der Waals surface area contributed by atoms with Gasteiger partial charge in [-0.25, -0.2) is 0 Å². The van der Waals surface area contributed by atoms with E-state index in [1.54, 1.807) is 0 Å². The van der Waals surface area contributed by atoms with E-state index >= 15 is 0 Å². The van der Waals surface area contributed by atoms with Gasteiger partial charge in [-0.1, -0.05) is 13.8 Å². The molecule has 136 valence electrons. The Morgan fingerprint density at radius 1 is 1.04 bits per heavy atom. The summed E-state index contributed by atoms with van der Waals surface area (Å²) in [7, 11) is 0. The van der Waals surface area contributed by atoms with Gasteiger partial charge >= 0.3 is 0 Å². The lowest BCUT2D eigenvalue weighted by Crippen LogP contribution is -2.46. The van der Waals surface area contributed by atoms with E-state index in [4.69, 9.17) is 0 Å². The van der Waals surface area contributed by atoms with Gasteiger partial charge in [0.15, 0.2) is 0 Å². The summed E-state index contributed by atoms with van der Waals surface area (Å²) in [6.07, 6.45) is 5.76. The predicted octanol–water partition coefficient (Wildman–Crippen LogP) is 2.03. The number of likely N-dealkylation sites (tertiary alicyclic amines) is 2. The minimum absolute atomic E-state index is 0.0225. The third-order valence-electron chi connectivity index (χ3n) is 6.46. The van der Waals surface area contributed by atoms with Crippen LogP contribution in [0.5, 0.6) is 0 Å². The molecule has 1 N–H and O–H groups in total. The maximum Gasteiger partial charge on any atom is 0.235 e. The zero-order valence-electron chi connectivity index (χ0n) is 15.2. The molecule has 0 aromatic rings. The Labute approximate surface area is 145 Å². The van der Waals surface area contributed by atoms with Crippen LogP contribution in [0.1, 0.15) is 58.8 Å². The van der Waals surface area contributed by atoms with Crippen LogP contribution in [0, 0.1) is 17.3 Å². The molecule has 2 aliphatic heterocycles. The molecular formula is C19H32N2O3. The van der Waals surface area contributed by atoms with Crippen molar-refractivity contribution in [1.82, 2.24) is 9.80 Å². The SMILES string of the molecule is CC1CCN(C[C@H](O)CN2C(=O)CC3(CCC(C)CC3)C2=O)CC1. The summed E-state index contributed by atoms with van der Waals surface area (Å²) in [5.41, 5.74) is -0.454. The summed E-state index contributed by atoms with van der Waals surface area (Å²) >= 11 is 0. The van der Waals surface area contributed by atoms with E-state index in [2.05, 4.69) is 18.7 Å². The number of imide groups is 1. The largest absolute Gasteiger partial charge is 0.390 e. The lowest BCUT2D eigenvalue weighted by molar-refractivity contribution is -0.144. The molecular weight excluding hydrogens is 304 g/mol. The molecule has 1 saturated carbocycles. The van der Waals surface area contributed by atoms with Crippen LogP contribution in [0.4, 0.5) is 0 Å². The standard InChI is InChI=1S/C19H32N2O3/c1-14-3-7-19(8-4-14)11-17(23)21(18(19)24)13-16(22)12-20-9-5-15(2)6-10-20/h14-16,22H,3-13H2,1-2H3/t14?,16-,19?/m0/s1. The summed E-state index contributed by atoms with van der Waals surface area (Å²) in [4.78, 5) is 28.9. The highest BCUT2D eigenvalue weighted by Gasteiger charge is 2.52. The molecule has 1 atom stereocenters. The first-order valence-corrected chi connectivity index (χ1v) is 9.65. The van der Waals surface area contributed by atoms with Crippen molar-refractivity contribution in [2.75, 3.05) is 26.2 Å². The lowest BCUT2D eigenvalue weighted by Gasteiger charge is -2.34. The van der Waals surface area contributed by atoms with Crippen molar-refractivity contribution in [3.63, 3.8) is 0 Å². The average molecular weight is 336 g/mol. The molecule has 1 aliphatic carbocycles. The maximum atomic E-state index is 12.9. The van der Waals surface area contributed by atoms with E-state index in [1.165, 1.54) is 4.90 Å². The molecule has 1 spiro atoms. The number of carbonyl (C=O) groups excluding carboxylic acids is 2. The van der Waals surface area contributed by atoms with Crippen LogP contribution in [0.15, 0.2) is 0 Å². The van der Waals surface area contributed by atoms with Gasteiger partial charge in [-0.05, 0) is 63.5 Å². The highest BCUT2D eigenvalue weighted by atomic mass is 16.3. The van der Waals surface area contributed by atoms with Crippen molar-refractivity contribution < 1.29 is 14.7 Å². The van der Waals surface area contributed by atoms with E-state index in [-0.39, 0.29) is 18.4 Å². The topological polar surface area (TPSA) is 60.9 Å². The monoisotopic (exact) mass is 336 g/mol. The van der Waals surface area contributed by atoms with E-state index < -0.39 is 11.5 Å². The van der Waals surface area contributed by atoms with Gasteiger partial charge in [-0.15, -0.1) is 0 Å². The van der Waals surface area contributed by atoms with E-state index in [0.29, 0.717) is 18.9 Å². The van der Waals surface area contributed by atoms with E-state index in [0.717, 1.165) is 57.5 Å². The van der Waals surface area contributed by atoms with Crippen molar-refractivity contribution in [1.29, 1.82) is 0 Å². The van der Waals surface area contributed by atoms with Crippen molar-refractivity contribution in [3.8, 4) is 0 Å². The average Bonchev–Trinajstić information content (AvgIpc) is 2.77. The Kier molecular flexibility index (Phi) is 5.30. The Bertz CT molecular complexity index is 477. The number of aliphatic hydroxyl groups is 1. The number of aliphatic hydroxyl groups excluding tert-OH is 1. The minimum Gasteiger partial charge on any atom is -0.390 e. The Morgan fingerprint density at radius 2 is 1.62 bits per heavy atom. The normalized spacial score (nSPS) is 34.3. The molecule has 0 unspecified atom stereocenters. The maximum absolute atomic E-state index is 12.9. The van der Waals surface area contributed by atoms with Crippen molar-refractivity contribution in [2.24, 2.45) is 17.3 Å². The smallest absolute Gasteiger partial charge is 0.235 e. The molecule has 0 bridgehead atoms. The molecule has 3 rings (SSSR count). The van der Waals surface area contributed by atoms with Gasteiger partial charge in [0, 0.05) is 13.0 Å². The van der Waals surface area contributed by atoms with Gasteiger partial charge in [0.25, 0.3) is 0 Å². The second kappa shape index (κ2) is 7.12. The van der Waals surface area contributed by atoms with Crippen molar-refractivity contribution in [2.45, 2.75) is 64.9 Å². The van der Waals surface area contributed by atoms with Crippen LogP contribution in [0.3, 0.4) is 0 Å². The fourth-order valence-electron chi connectivity index (χ4n) is 4.56. The molecule has 0 aromatic heterocycles. The zero-order valence-corrected chi connectivity index (χ0v) is 15.2. The predicted molar refractivity (Wildman–Crippen MR) is 92.2 cm³/mol. The second-order valence-electron chi connectivity index (χ2n) is 8.59. The number of hydrogen-bond donors (Lipinski definition) is 1. The summed E-state index contributed by atoms with van der Waals surface area (Å²) in [6, 6.07) is 0. The molecule has 0 aromatic carbocycles. The van der Waals surface area contributed by atoms with Crippen LogP contribution in [-0.4, -0.2) is 59.0 Å². The molecule has 5 nitrogen and oxygen atoms in total. The van der Waals surface area contributed by atoms with Crippen molar-refractivity contribution in [3.05, 3.63) is 0 Å². The van der Waals surface area contributed by atoms with Gasteiger partial charge in [-0.2, -0.15) is 0 Å². The van der Waals surface area contributed by atoms with Crippen LogP contribution >= 0.6 is 0 Å². The second-order valence-corrected chi connectivity index (χ2v) is 8.59. The summed E-state index contributed by atoms with van der Waals surface area (Å²) in [5, 5.41) is 10.4. The highest BCUT2D eigenvalue weighted by molar-refractivity contribution is 6.06. The molecule has 0 radical (unpaired) electrons. The number of nitrogens with zero attached hydrogens (tertiary/aromatic N) is 2. The first kappa shape index (κ1) is 17.9. The van der Waals surface area contributed by atoms with E-state index in [9.17, 15) is 14.7 Å². The lowest BCUT2D eigenvalue weighted by atomic mass is 9.70. The summed E-state index contributed by atoms with van der Waals surface area (Å²) in [6.45, 7) is 7.22. The Hall–Kier alpha value is -0.940. The van der Waals surface area contributed by atoms with Gasteiger partial charge in [-0.3, -0.25) is 14.5 Å². The molecule has 3 fully saturated rings. The van der Waals surface area contributed by atoms with Gasteiger partial charge in [0.1, 0.15) is 0 Å². The number of carbonyl (C=O) groups is 2. The summed E-state index contributed by atoms with van der Waals surface area (Å²) in [5.74, 6) is 1.31. The molecule has 2 amide bonds. The number of rotatable bonds is 4. The highest BCUT2D eigenvalue weighted by Crippen LogP contribution is 2.46. The minimum atomic E-state index is -0.635. The first-order chi connectivity index (χ1) is 11.4. The van der Waals surface area contributed by atoms with Crippen LogP contribution in [-0.2, 0) is 9.59 Å². The Morgan fingerprint density at radius 3 is 2.25 bits per heavy atom. The molecule has 3 aliphatic rings. The molecule has 2 saturated heterocycles. The third kappa shape index (κ3) is 3.67. The Balaban J connectivity index is 1.55. The van der Waals surface area contributed by atoms with Gasteiger partial charge < -0.3 is 10.0 Å². The van der Waals surface area contributed by atoms with Crippen molar-refractivity contribution >= 4 is 11.8 Å². The summed E-state index contributed by atoms with van der Waals surface area (Å²) < 4.78 is 0. The molecule has 5 heteroatoms. The number of β-amino-alcohol motifs (C(OH)–C–C–N with tert-alkyl or cyclic N) is 1. The first-order valence-electron chi connectivity index (χ1n) is 9.65. The number of amides is 2. The quantitative estimate of drug-likeness (QED) is 0.798. The molecule has 2 heterocycles. The van der Waals surface area contributed by atoms with Crippen LogP contribution in [0.25, 0.3) is 0 Å². The fraction of sp³-hybridized carbons (Fsp3) is 0.895. The molecule has 24 heavy (non-hydrogen) atoms. The van der Waals surface area contributed by atoms with E-state index in [1.807, 2.05) is 0 Å². The van der Waals surface area contributed by atoms with Gasteiger partial charge in [0.05, 0.1) is 18.1 Å². The van der Waals surface area contributed by atoms with Gasteiger partial charge in [0.2, 0.25) is 11.8 Å². The zero-order chi connectivity index (χ0) is 17.3. The number of piperidine rings is 1.